The van der Waals surface area contributed by atoms with Crippen molar-refractivity contribution in [3.63, 3.8) is 0 Å². The van der Waals surface area contributed by atoms with Crippen molar-refractivity contribution < 1.29 is 4.79 Å². The minimum atomic E-state index is 0.0983. The molecule has 1 saturated carbocycles. The first-order valence-electron chi connectivity index (χ1n) is 5.76. The molecule has 1 fully saturated rings. The number of nitrogens with one attached hydrogen (secondary N) is 1. The van der Waals surface area contributed by atoms with Gasteiger partial charge in [0.05, 0.1) is 0 Å². The summed E-state index contributed by atoms with van der Waals surface area (Å²) in [6.45, 7) is 2.97. The Kier molecular flexibility index (Phi) is 4.94. The molecule has 1 aliphatic carbocycles. The van der Waals surface area contributed by atoms with E-state index in [1.165, 1.54) is 25.7 Å². The van der Waals surface area contributed by atoms with Crippen LogP contribution in [0, 0.1) is 5.92 Å². The molecular weight excluding hydrogens is 176 g/mol. The van der Waals surface area contributed by atoms with Gasteiger partial charge in [0.1, 0.15) is 0 Å². The lowest BCUT2D eigenvalue weighted by Crippen LogP contribution is -2.33. The first-order chi connectivity index (χ1) is 6.74. The molecular formula is C11H22N2O. The van der Waals surface area contributed by atoms with Crippen LogP contribution < -0.4 is 11.1 Å². The van der Waals surface area contributed by atoms with E-state index in [0.29, 0.717) is 12.3 Å². The molecule has 0 aromatic heterocycles. The van der Waals surface area contributed by atoms with Gasteiger partial charge < -0.3 is 11.1 Å². The highest BCUT2D eigenvalue weighted by molar-refractivity contribution is 5.76. The lowest BCUT2D eigenvalue weighted by atomic mass is 10.1. The SMILES string of the molecule is CCCCCNC(=O)CC(N)C1CC1. The standard InChI is InChI=1S/C11H22N2O/c1-2-3-4-7-13-11(14)8-10(12)9-5-6-9/h9-10H,2-8,12H2,1H3,(H,13,14). The van der Waals surface area contributed by atoms with Crippen molar-refractivity contribution in [3.8, 4) is 0 Å². The normalized spacial score (nSPS) is 17.9. The molecule has 82 valence electrons. The molecule has 1 unspecified atom stereocenters. The fraction of sp³-hybridized carbons (Fsp3) is 0.909. The number of hydrogen-bond donors (Lipinski definition) is 2. The fourth-order valence-electron chi connectivity index (χ4n) is 1.58. The summed E-state index contributed by atoms with van der Waals surface area (Å²) in [4.78, 5) is 11.4. The predicted octanol–water partition coefficient (Wildman–Crippen LogP) is 1.42. The number of hydrogen-bond acceptors (Lipinski definition) is 2. The summed E-state index contributed by atoms with van der Waals surface area (Å²) in [5, 5.41) is 2.91. The number of rotatable bonds is 7. The van der Waals surface area contributed by atoms with Gasteiger partial charge in [0, 0.05) is 19.0 Å². The van der Waals surface area contributed by atoms with Crippen LogP contribution in [-0.2, 0) is 4.79 Å². The molecule has 0 aromatic rings. The first-order valence-corrected chi connectivity index (χ1v) is 5.76. The molecule has 0 saturated heterocycles. The highest BCUT2D eigenvalue weighted by Gasteiger charge is 2.29. The summed E-state index contributed by atoms with van der Waals surface area (Å²) in [7, 11) is 0. The fourth-order valence-corrected chi connectivity index (χ4v) is 1.58. The number of carbonyl (C=O) groups excluding carboxylic acids is 1. The Bertz CT molecular complexity index is 178. The van der Waals surface area contributed by atoms with Gasteiger partial charge in [0.25, 0.3) is 0 Å². The Morgan fingerprint density at radius 2 is 2.21 bits per heavy atom. The van der Waals surface area contributed by atoms with Crippen LogP contribution in [0.2, 0.25) is 0 Å². The molecule has 3 N–H and O–H groups in total. The van der Waals surface area contributed by atoms with E-state index in [1.807, 2.05) is 0 Å². The Morgan fingerprint density at radius 1 is 1.50 bits per heavy atom. The smallest absolute Gasteiger partial charge is 0.221 e. The highest BCUT2D eigenvalue weighted by Crippen LogP contribution is 2.32. The van der Waals surface area contributed by atoms with E-state index in [4.69, 9.17) is 5.73 Å². The molecule has 1 atom stereocenters. The highest BCUT2D eigenvalue weighted by atomic mass is 16.1. The van der Waals surface area contributed by atoms with E-state index in [1.54, 1.807) is 0 Å². The Balaban J connectivity index is 1.97. The van der Waals surface area contributed by atoms with Crippen LogP contribution in [0.3, 0.4) is 0 Å². The third-order valence-electron chi connectivity index (χ3n) is 2.75. The maximum absolute atomic E-state index is 11.4. The molecule has 1 rings (SSSR count). The van der Waals surface area contributed by atoms with Crippen LogP contribution in [0.25, 0.3) is 0 Å². The van der Waals surface area contributed by atoms with Crippen molar-refractivity contribution in [3.05, 3.63) is 0 Å². The van der Waals surface area contributed by atoms with Crippen LogP contribution in [-0.4, -0.2) is 18.5 Å². The predicted molar refractivity (Wildman–Crippen MR) is 57.9 cm³/mol. The second-order valence-corrected chi connectivity index (χ2v) is 4.26. The molecule has 3 nitrogen and oxygen atoms in total. The maximum Gasteiger partial charge on any atom is 0.221 e. The molecule has 1 amide bonds. The van der Waals surface area contributed by atoms with Gasteiger partial charge in [0.2, 0.25) is 5.91 Å². The molecule has 14 heavy (non-hydrogen) atoms. The zero-order valence-electron chi connectivity index (χ0n) is 9.09. The average molecular weight is 198 g/mol. The number of amides is 1. The third kappa shape index (κ3) is 4.61. The Morgan fingerprint density at radius 3 is 2.79 bits per heavy atom. The van der Waals surface area contributed by atoms with E-state index >= 15 is 0 Å². The van der Waals surface area contributed by atoms with Crippen molar-refractivity contribution in [2.45, 2.75) is 51.5 Å². The molecule has 0 aromatic carbocycles. The van der Waals surface area contributed by atoms with Crippen LogP contribution in [0.1, 0.15) is 45.4 Å². The van der Waals surface area contributed by atoms with Gasteiger partial charge in [-0.1, -0.05) is 19.8 Å². The average Bonchev–Trinajstić information content (AvgIpc) is 2.95. The van der Waals surface area contributed by atoms with Crippen molar-refractivity contribution in [1.82, 2.24) is 5.32 Å². The van der Waals surface area contributed by atoms with Gasteiger partial charge in [-0.15, -0.1) is 0 Å². The lowest BCUT2D eigenvalue weighted by molar-refractivity contribution is -0.121. The van der Waals surface area contributed by atoms with Gasteiger partial charge in [0.15, 0.2) is 0 Å². The molecule has 0 bridgehead atoms. The molecule has 1 aliphatic rings. The third-order valence-corrected chi connectivity index (χ3v) is 2.75. The number of unbranched alkanes of at least 4 members (excludes halogenated alkanes) is 2. The van der Waals surface area contributed by atoms with Crippen molar-refractivity contribution in [1.29, 1.82) is 0 Å². The van der Waals surface area contributed by atoms with Gasteiger partial charge in [-0.3, -0.25) is 4.79 Å². The van der Waals surface area contributed by atoms with Crippen LogP contribution in [0.5, 0.6) is 0 Å². The largest absolute Gasteiger partial charge is 0.356 e. The lowest BCUT2D eigenvalue weighted by Gasteiger charge is -2.10. The summed E-state index contributed by atoms with van der Waals surface area (Å²) in [5.74, 6) is 0.747. The van der Waals surface area contributed by atoms with E-state index in [0.717, 1.165) is 13.0 Å². The van der Waals surface area contributed by atoms with Crippen molar-refractivity contribution in [2.75, 3.05) is 6.54 Å². The zero-order valence-corrected chi connectivity index (χ0v) is 9.09. The summed E-state index contributed by atoms with van der Waals surface area (Å²) in [6.07, 6.45) is 6.40. The number of nitrogens with two attached hydrogens (primary N) is 1. The summed E-state index contributed by atoms with van der Waals surface area (Å²) < 4.78 is 0. The first kappa shape index (κ1) is 11.5. The van der Waals surface area contributed by atoms with Crippen LogP contribution in [0.4, 0.5) is 0 Å². The summed E-state index contributed by atoms with van der Waals surface area (Å²) >= 11 is 0. The van der Waals surface area contributed by atoms with Gasteiger partial charge in [-0.2, -0.15) is 0 Å². The minimum Gasteiger partial charge on any atom is -0.356 e. The van der Waals surface area contributed by atoms with Gasteiger partial charge in [-0.25, -0.2) is 0 Å². The molecule has 0 aliphatic heterocycles. The second kappa shape index (κ2) is 6.02. The van der Waals surface area contributed by atoms with E-state index in [9.17, 15) is 4.79 Å². The number of carbonyl (C=O) groups is 1. The molecule has 0 radical (unpaired) electrons. The summed E-state index contributed by atoms with van der Waals surface area (Å²) in [6, 6.07) is 0.0983. The minimum absolute atomic E-state index is 0.0983. The van der Waals surface area contributed by atoms with E-state index < -0.39 is 0 Å². The summed E-state index contributed by atoms with van der Waals surface area (Å²) in [5.41, 5.74) is 5.85. The maximum atomic E-state index is 11.4. The monoisotopic (exact) mass is 198 g/mol. The van der Waals surface area contributed by atoms with Gasteiger partial charge >= 0.3 is 0 Å². The van der Waals surface area contributed by atoms with E-state index in [-0.39, 0.29) is 11.9 Å². The molecule has 3 heteroatoms. The Labute approximate surface area is 86.4 Å². The molecule has 0 heterocycles. The quantitative estimate of drug-likeness (QED) is 0.608. The van der Waals surface area contributed by atoms with Crippen molar-refractivity contribution in [2.24, 2.45) is 11.7 Å². The molecule has 0 spiro atoms. The Hall–Kier alpha value is -0.570. The van der Waals surface area contributed by atoms with Crippen molar-refractivity contribution >= 4 is 5.91 Å². The van der Waals surface area contributed by atoms with Crippen LogP contribution >= 0.6 is 0 Å². The topological polar surface area (TPSA) is 55.1 Å². The van der Waals surface area contributed by atoms with Gasteiger partial charge in [-0.05, 0) is 25.2 Å². The van der Waals surface area contributed by atoms with Crippen LogP contribution in [0.15, 0.2) is 0 Å². The zero-order chi connectivity index (χ0) is 10.4. The van der Waals surface area contributed by atoms with E-state index in [2.05, 4.69) is 12.2 Å². The second-order valence-electron chi connectivity index (χ2n) is 4.26.